The highest BCUT2D eigenvalue weighted by atomic mass is 16.2. The molecule has 0 spiro atoms. The molecule has 0 atom stereocenters. The average Bonchev–Trinajstić information content (AvgIpc) is 3.51. The van der Waals surface area contributed by atoms with Crippen molar-refractivity contribution >= 4 is 6.03 Å². The number of nitrogens with one attached hydrogen (secondary N) is 2. The van der Waals surface area contributed by atoms with Gasteiger partial charge in [0.2, 0.25) is 0 Å². The summed E-state index contributed by atoms with van der Waals surface area (Å²) >= 11 is 0. The number of amides is 2. The van der Waals surface area contributed by atoms with Gasteiger partial charge in [-0.2, -0.15) is 0 Å². The number of hydrogen-bond acceptors (Lipinski definition) is 3. The first-order valence-electron chi connectivity index (χ1n) is 9.95. The van der Waals surface area contributed by atoms with Crippen LogP contribution >= 0.6 is 0 Å². The lowest BCUT2D eigenvalue weighted by Gasteiger charge is -2.32. The molecule has 1 saturated heterocycles. The SMILES string of the molecule is O=C(NCC1(c2ccccc2)CC1)NC1CCN(Cc2ccncc2)CC1. The molecule has 1 saturated carbocycles. The highest BCUT2D eigenvalue weighted by Crippen LogP contribution is 2.47. The van der Waals surface area contributed by atoms with Crippen LogP contribution in [-0.4, -0.2) is 41.6 Å². The molecule has 2 heterocycles. The molecule has 142 valence electrons. The molecule has 1 aromatic heterocycles. The number of carbonyl (C=O) groups is 1. The van der Waals surface area contributed by atoms with Crippen molar-refractivity contribution in [3.8, 4) is 0 Å². The zero-order chi connectivity index (χ0) is 18.5. The number of benzene rings is 1. The minimum atomic E-state index is -0.0233. The van der Waals surface area contributed by atoms with E-state index in [0.717, 1.165) is 51.9 Å². The fourth-order valence-corrected chi connectivity index (χ4v) is 3.98. The molecule has 0 bridgehead atoms. The predicted molar refractivity (Wildman–Crippen MR) is 106 cm³/mol. The Labute approximate surface area is 161 Å². The minimum Gasteiger partial charge on any atom is -0.337 e. The fourth-order valence-electron chi connectivity index (χ4n) is 3.98. The Hall–Kier alpha value is -2.40. The summed E-state index contributed by atoms with van der Waals surface area (Å²) in [6, 6.07) is 14.9. The summed E-state index contributed by atoms with van der Waals surface area (Å²) in [4.78, 5) is 18.9. The molecular weight excluding hydrogens is 336 g/mol. The number of aromatic nitrogens is 1. The zero-order valence-corrected chi connectivity index (χ0v) is 15.7. The standard InChI is InChI=1S/C22H28N4O/c27-21(24-17-22(10-11-22)19-4-2-1-3-5-19)25-20-8-14-26(15-9-20)16-18-6-12-23-13-7-18/h1-7,12-13,20H,8-11,14-17H2,(H2,24,25,27). The van der Waals surface area contributed by atoms with Crippen LogP contribution in [0.3, 0.4) is 0 Å². The highest BCUT2D eigenvalue weighted by Gasteiger charge is 2.44. The van der Waals surface area contributed by atoms with Crippen molar-refractivity contribution in [2.24, 2.45) is 0 Å². The van der Waals surface area contributed by atoms with Gasteiger partial charge in [-0.15, -0.1) is 0 Å². The summed E-state index contributed by atoms with van der Waals surface area (Å²) in [5, 5.41) is 6.28. The van der Waals surface area contributed by atoms with Crippen LogP contribution in [0.25, 0.3) is 0 Å². The van der Waals surface area contributed by atoms with Crippen molar-refractivity contribution < 1.29 is 4.79 Å². The molecule has 2 fully saturated rings. The molecule has 27 heavy (non-hydrogen) atoms. The molecule has 1 aliphatic carbocycles. The van der Waals surface area contributed by atoms with Gasteiger partial charge in [-0.3, -0.25) is 9.88 Å². The van der Waals surface area contributed by atoms with Crippen LogP contribution in [0.1, 0.15) is 36.8 Å². The van der Waals surface area contributed by atoms with Crippen molar-refractivity contribution in [2.75, 3.05) is 19.6 Å². The maximum absolute atomic E-state index is 12.3. The van der Waals surface area contributed by atoms with Crippen LogP contribution in [0, 0.1) is 0 Å². The van der Waals surface area contributed by atoms with E-state index < -0.39 is 0 Å². The van der Waals surface area contributed by atoms with Gasteiger partial charge in [0.05, 0.1) is 0 Å². The van der Waals surface area contributed by atoms with Crippen molar-refractivity contribution in [2.45, 2.75) is 43.7 Å². The van der Waals surface area contributed by atoms with Crippen molar-refractivity contribution in [1.29, 1.82) is 0 Å². The monoisotopic (exact) mass is 364 g/mol. The number of piperidine rings is 1. The Morgan fingerprint density at radius 1 is 1.07 bits per heavy atom. The van der Waals surface area contributed by atoms with Gasteiger partial charge >= 0.3 is 6.03 Å². The Kier molecular flexibility index (Phi) is 5.39. The van der Waals surface area contributed by atoms with E-state index in [1.807, 2.05) is 18.5 Å². The van der Waals surface area contributed by atoms with Crippen molar-refractivity contribution in [1.82, 2.24) is 20.5 Å². The van der Waals surface area contributed by atoms with Crippen LogP contribution in [-0.2, 0) is 12.0 Å². The summed E-state index contributed by atoms with van der Waals surface area (Å²) in [6.45, 7) is 3.72. The molecule has 2 amide bonds. The van der Waals surface area contributed by atoms with Crippen LogP contribution < -0.4 is 10.6 Å². The summed E-state index contributed by atoms with van der Waals surface area (Å²) in [5.41, 5.74) is 2.80. The molecule has 5 nitrogen and oxygen atoms in total. The summed E-state index contributed by atoms with van der Waals surface area (Å²) in [7, 11) is 0. The molecule has 2 aromatic rings. The number of hydrogen-bond donors (Lipinski definition) is 2. The molecule has 1 aromatic carbocycles. The van der Waals surface area contributed by atoms with Gasteiger partial charge in [-0.25, -0.2) is 4.79 Å². The summed E-state index contributed by atoms with van der Waals surface area (Å²) in [6.07, 6.45) is 8.01. The number of likely N-dealkylation sites (tertiary alicyclic amines) is 1. The predicted octanol–water partition coefficient (Wildman–Crippen LogP) is 3.08. The molecule has 4 rings (SSSR count). The third-order valence-electron chi connectivity index (χ3n) is 5.91. The number of carbonyl (C=O) groups excluding carboxylic acids is 1. The smallest absolute Gasteiger partial charge is 0.315 e. The molecule has 1 aliphatic heterocycles. The van der Waals surface area contributed by atoms with Crippen LogP contribution in [0.15, 0.2) is 54.9 Å². The minimum absolute atomic E-state index is 0.0233. The van der Waals surface area contributed by atoms with E-state index in [1.165, 1.54) is 11.1 Å². The second-order valence-corrected chi connectivity index (χ2v) is 7.88. The van der Waals surface area contributed by atoms with Gasteiger partial charge < -0.3 is 10.6 Å². The first-order chi connectivity index (χ1) is 13.2. The van der Waals surface area contributed by atoms with E-state index >= 15 is 0 Å². The molecule has 2 N–H and O–H groups in total. The maximum Gasteiger partial charge on any atom is 0.315 e. The average molecular weight is 364 g/mol. The molecule has 5 heteroatoms. The lowest BCUT2D eigenvalue weighted by atomic mass is 9.96. The van der Waals surface area contributed by atoms with Gasteiger partial charge in [-0.05, 0) is 48.9 Å². The van der Waals surface area contributed by atoms with E-state index in [9.17, 15) is 4.79 Å². The number of nitrogens with zero attached hydrogens (tertiary/aromatic N) is 2. The molecule has 2 aliphatic rings. The van der Waals surface area contributed by atoms with Crippen LogP contribution in [0.5, 0.6) is 0 Å². The first kappa shape index (κ1) is 18.0. The lowest BCUT2D eigenvalue weighted by Crippen LogP contribution is -2.48. The molecular formula is C22H28N4O. The lowest BCUT2D eigenvalue weighted by molar-refractivity contribution is 0.186. The van der Waals surface area contributed by atoms with Crippen LogP contribution in [0.2, 0.25) is 0 Å². The van der Waals surface area contributed by atoms with E-state index in [0.29, 0.717) is 0 Å². The normalized spacial score (nSPS) is 19.4. The van der Waals surface area contributed by atoms with Crippen LogP contribution in [0.4, 0.5) is 4.79 Å². The maximum atomic E-state index is 12.3. The fraction of sp³-hybridized carbons (Fsp3) is 0.455. The Morgan fingerprint density at radius 2 is 1.78 bits per heavy atom. The van der Waals surface area contributed by atoms with Gasteiger partial charge in [0.25, 0.3) is 0 Å². The third-order valence-corrected chi connectivity index (χ3v) is 5.91. The van der Waals surface area contributed by atoms with E-state index in [2.05, 4.69) is 56.9 Å². The second-order valence-electron chi connectivity index (χ2n) is 7.88. The summed E-state index contributed by atoms with van der Waals surface area (Å²) < 4.78 is 0. The van der Waals surface area contributed by atoms with Gasteiger partial charge in [0.15, 0.2) is 0 Å². The largest absolute Gasteiger partial charge is 0.337 e. The zero-order valence-electron chi connectivity index (χ0n) is 15.7. The molecule has 0 radical (unpaired) electrons. The number of urea groups is 1. The Bertz CT molecular complexity index is 737. The van der Waals surface area contributed by atoms with Gasteiger partial charge in [-0.1, -0.05) is 30.3 Å². The Morgan fingerprint density at radius 3 is 2.44 bits per heavy atom. The van der Waals surface area contributed by atoms with Gasteiger partial charge in [0.1, 0.15) is 0 Å². The number of pyridine rings is 1. The highest BCUT2D eigenvalue weighted by molar-refractivity contribution is 5.74. The Balaban J connectivity index is 1.19. The van der Waals surface area contributed by atoms with Gasteiger partial charge in [0, 0.05) is 50.0 Å². The van der Waals surface area contributed by atoms with Crippen molar-refractivity contribution in [3.05, 3.63) is 66.0 Å². The molecule has 0 unspecified atom stereocenters. The first-order valence-corrected chi connectivity index (χ1v) is 9.95. The van der Waals surface area contributed by atoms with Crippen molar-refractivity contribution in [3.63, 3.8) is 0 Å². The number of rotatable bonds is 6. The quantitative estimate of drug-likeness (QED) is 0.828. The van der Waals surface area contributed by atoms with E-state index in [-0.39, 0.29) is 17.5 Å². The second kappa shape index (κ2) is 8.09. The topological polar surface area (TPSA) is 57.3 Å². The van der Waals surface area contributed by atoms with E-state index in [1.54, 1.807) is 0 Å². The van der Waals surface area contributed by atoms with E-state index in [4.69, 9.17) is 0 Å². The third kappa shape index (κ3) is 4.66. The summed E-state index contributed by atoms with van der Waals surface area (Å²) in [5.74, 6) is 0.